The fourth-order valence-electron chi connectivity index (χ4n) is 4.05. The summed E-state index contributed by atoms with van der Waals surface area (Å²) in [6, 6.07) is 13.7. The van der Waals surface area contributed by atoms with Crippen molar-refractivity contribution in [1.82, 2.24) is 14.9 Å². The van der Waals surface area contributed by atoms with Crippen molar-refractivity contribution in [2.45, 2.75) is 31.8 Å². The number of ether oxygens (including phenoxy) is 2. The molecule has 0 radical (unpaired) electrons. The first-order chi connectivity index (χ1) is 13.7. The minimum Gasteiger partial charge on any atom is -0.485 e. The maximum atomic E-state index is 12.9. The lowest BCUT2D eigenvalue weighted by Gasteiger charge is -2.34. The van der Waals surface area contributed by atoms with E-state index in [0.29, 0.717) is 30.5 Å². The molecule has 144 valence electrons. The van der Waals surface area contributed by atoms with E-state index in [0.717, 1.165) is 29.7 Å². The molecule has 1 unspecified atom stereocenters. The Morgan fingerprint density at radius 1 is 1.14 bits per heavy atom. The number of likely N-dealkylation sites (tertiary alicyclic amines) is 1. The van der Waals surface area contributed by atoms with E-state index < -0.39 is 6.10 Å². The first-order valence-corrected chi connectivity index (χ1v) is 9.81. The number of imidazole rings is 1. The summed E-state index contributed by atoms with van der Waals surface area (Å²) in [6.45, 7) is 3.76. The number of amides is 1. The molecule has 1 N–H and O–H groups in total. The van der Waals surface area contributed by atoms with E-state index in [4.69, 9.17) is 14.5 Å². The number of aromatic nitrogens is 2. The lowest BCUT2D eigenvalue weighted by Crippen LogP contribution is -2.48. The molecule has 0 spiro atoms. The monoisotopic (exact) mass is 377 g/mol. The van der Waals surface area contributed by atoms with Crippen LogP contribution in [0.25, 0.3) is 11.0 Å². The first kappa shape index (κ1) is 17.1. The molecule has 1 aromatic heterocycles. The number of carbonyl (C=O) groups excluding carboxylic acids is 1. The van der Waals surface area contributed by atoms with Gasteiger partial charge in [0.05, 0.1) is 11.0 Å². The van der Waals surface area contributed by atoms with Crippen LogP contribution in [-0.4, -0.2) is 46.6 Å². The Kier molecular flexibility index (Phi) is 4.19. The number of nitrogens with one attached hydrogen (secondary N) is 1. The van der Waals surface area contributed by atoms with Gasteiger partial charge < -0.3 is 19.4 Å². The molecule has 0 aliphatic carbocycles. The fraction of sp³-hybridized carbons (Fsp3) is 0.364. The van der Waals surface area contributed by atoms with Crippen LogP contribution >= 0.6 is 0 Å². The number of H-pyrrole nitrogens is 1. The Morgan fingerprint density at radius 3 is 2.75 bits per heavy atom. The third-order valence-electron chi connectivity index (χ3n) is 5.63. The van der Waals surface area contributed by atoms with Crippen molar-refractivity contribution in [2.24, 2.45) is 0 Å². The number of rotatable bonds is 2. The smallest absolute Gasteiger partial charge is 0.267 e. The van der Waals surface area contributed by atoms with E-state index in [-0.39, 0.29) is 12.5 Å². The predicted octanol–water partition coefficient (Wildman–Crippen LogP) is 3.42. The van der Waals surface area contributed by atoms with Crippen LogP contribution in [0.5, 0.6) is 11.5 Å². The van der Waals surface area contributed by atoms with Crippen molar-refractivity contribution in [3.05, 3.63) is 53.9 Å². The highest BCUT2D eigenvalue weighted by Crippen LogP contribution is 2.32. The molecule has 1 atom stereocenters. The Labute approximate surface area is 163 Å². The van der Waals surface area contributed by atoms with Crippen LogP contribution < -0.4 is 9.47 Å². The number of nitrogens with zero attached hydrogens (tertiary/aromatic N) is 2. The number of para-hydroxylation sites is 2. The second kappa shape index (κ2) is 6.86. The lowest BCUT2D eigenvalue weighted by atomic mass is 9.96. The fourth-order valence-corrected chi connectivity index (χ4v) is 4.05. The highest BCUT2D eigenvalue weighted by atomic mass is 16.6. The number of aryl methyl sites for hydroxylation is 1. The number of fused-ring (bicyclic) bond motifs is 2. The van der Waals surface area contributed by atoms with Crippen molar-refractivity contribution < 1.29 is 14.3 Å². The molecule has 0 saturated carbocycles. The first-order valence-electron chi connectivity index (χ1n) is 9.81. The van der Waals surface area contributed by atoms with Crippen LogP contribution in [-0.2, 0) is 4.79 Å². The van der Waals surface area contributed by atoms with Crippen molar-refractivity contribution in [2.75, 3.05) is 19.7 Å². The number of hydrogen-bond donors (Lipinski definition) is 1. The number of hydrogen-bond acceptors (Lipinski definition) is 4. The van der Waals surface area contributed by atoms with Gasteiger partial charge in [0.2, 0.25) is 6.10 Å². The van der Waals surface area contributed by atoms with Gasteiger partial charge in [-0.2, -0.15) is 0 Å². The van der Waals surface area contributed by atoms with E-state index in [1.54, 1.807) is 0 Å². The van der Waals surface area contributed by atoms with Gasteiger partial charge in [0.15, 0.2) is 11.5 Å². The topological polar surface area (TPSA) is 67.5 Å². The van der Waals surface area contributed by atoms with Gasteiger partial charge in [-0.25, -0.2) is 4.98 Å². The average molecular weight is 377 g/mol. The van der Waals surface area contributed by atoms with Gasteiger partial charge in [0, 0.05) is 19.0 Å². The zero-order chi connectivity index (χ0) is 19.1. The number of carbonyl (C=O) groups is 1. The Bertz CT molecular complexity index is 1020. The molecule has 1 amide bonds. The van der Waals surface area contributed by atoms with Crippen molar-refractivity contribution >= 4 is 16.9 Å². The minimum absolute atomic E-state index is 0.00758. The quantitative estimate of drug-likeness (QED) is 0.743. The predicted molar refractivity (Wildman–Crippen MR) is 106 cm³/mol. The van der Waals surface area contributed by atoms with Gasteiger partial charge in [-0.3, -0.25) is 4.79 Å². The van der Waals surface area contributed by atoms with Gasteiger partial charge in [0.25, 0.3) is 5.91 Å². The molecule has 28 heavy (non-hydrogen) atoms. The molecule has 2 aliphatic rings. The molecule has 5 rings (SSSR count). The minimum atomic E-state index is -0.569. The van der Waals surface area contributed by atoms with Crippen LogP contribution in [0.4, 0.5) is 0 Å². The van der Waals surface area contributed by atoms with Crippen molar-refractivity contribution in [3.63, 3.8) is 0 Å². The highest BCUT2D eigenvalue weighted by Gasteiger charge is 2.33. The average Bonchev–Trinajstić information content (AvgIpc) is 3.16. The van der Waals surface area contributed by atoms with E-state index in [1.165, 1.54) is 5.56 Å². The highest BCUT2D eigenvalue weighted by molar-refractivity contribution is 5.82. The standard InChI is InChI=1S/C22H23N3O3/c1-14-6-7-16-17(12-14)24-21(23-16)15-8-10-25(11-9-15)22(26)20-13-27-18-4-2-3-5-19(18)28-20/h2-7,12,15,20H,8-11,13H2,1H3,(H,23,24). The van der Waals surface area contributed by atoms with Crippen LogP contribution in [0.1, 0.15) is 30.1 Å². The Morgan fingerprint density at radius 2 is 1.93 bits per heavy atom. The number of piperidine rings is 1. The zero-order valence-corrected chi connectivity index (χ0v) is 15.9. The van der Waals surface area contributed by atoms with Crippen molar-refractivity contribution in [3.8, 4) is 11.5 Å². The van der Waals surface area contributed by atoms with Crippen LogP contribution in [0.15, 0.2) is 42.5 Å². The largest absolute Gasteiger partial charge is 0.485 e. The van der Waals surface area contributed by atoms with Gasteiger partial charge >= 0.3 is 0 Å². The van der Waals surface area contributed by atoms with E-state index in [1.807, 2.05) is 29.2 Å². The molecule has 6 nitrogen and oxygen atoms in total. The third kappa shape index (κ3) is 3.09. The summed E-state index contributed by atoms with van der Waals surface area (Å²) < 4.78 is 11.6. The summed E-state index contributed by atoms with van der Waals surface area (Å²) in [4.78, 5) is 23.0. The summed E-state index contributed by atoms with van der Waals surface area (Å²) in [5, 5.41) is 0. The second-order valence-electron chi connectivity index (χ2n) is 7.61. The molecule has 1 saturated heterocycles. The van der Waals surface area contributed by atoms with Gasteiger partial charge in [0.1, 0.15) is 12.4 Å². The van der Waals surface area contributed by atoms with Gasteiger partial charge in [-0.05, 0) is 49.6 Å². The molecule has 6 heteroatoms. The van der Waals surface area contributed by atoms with E-state index >= 15 is 0 Å². The van der Waals surface area contributed by atoms with Crippen LogP contribution in [0.3, 0.4) is 0 Å². The zero-order valence-electron chi connectivity index (χ0n) is 15.9. The molecule has 2 aromatic carbocycles. The molecular weight excluding hydrogens is 354 g/mol. The normalized spacial score (nSPS) is 19.8. The summed E-state index contributed by atoms with van der Waals surface area (Å²) in [7, 11) is 0. The van der Waals surface area contributed by atoms with E-state index in [9.17, 15) is 4.79 Å². The van der Waals surface area contributed by atoms with E-state index in [2.05, 4.69) is 30.1 Å². The molecule has 2 aliphatic heterocycles. The summed E-state index contributed by atoms with van der Waals surface area (Å²) in [6.07, 6.45) is 1.23. The van der Waals surface area contributed by atoms with Gasteiger partial charge in [-0.15, -0.1) is 0 Å². The lowest BCUT2D eigenvalue weighted by molar-refractivity contribution is -0.142. The Balaban J connectivity index is 1.23. The SMILES string of the molecule is Cc1ccc2nc(C3CCN(C(=O)C4COc5ccccc5O4)CC3)[nH]c2c1. The molecular formula is C22H23N3O3. The van der Waals surface area contributed by atoms with Gasteiger partial charge in [-0.1, -0.05) is 18.2 Å². The van der Waals surface area contributed by atoms with Crippen LogP contribution in [0.2, 0.25) is 0 Å². The van der Waals surface area contributed by atoms with Crippen LogP contribution in [0, 0.1) is 6.92 Å². The molecule has 0 bridgehead atoms. The summed E-state index contributed by atoms with van der Waals surface area (Å²) >= 11 is 0. The molecule has 3 heterocycles. The number of benzene rings is 2. The maximum Gasteiger partial charge on any atom is 0.267 e. The summed E-state index contributed by atoms with van der Waals surface area (Å²) in [5.41, 5.74) is 3.31. The number of aromatic amines is 1. The summed E-state index contributed by atoms with van der Waals surface area (Å²) in [5.74, 6) is 2.72. The maximum absolute atomic E-state index is 12.9. The molecule has 1 fully saturated rings. The second-order valence-corrected chi connectivity index (χ2v) is 7.61. The van der Waals surface area contributed by atoms with Crippen molar-refractivity contribution in [1.29, 1.82) is 0 Å². The molecule has 3 aromatic rings. The third-order valence-corrected chi connectivity index (χ3v) is 5.63. The Hall–Kier alpha value is -3.02.